The van der Waals surface area contributed by atoms with Crippen LogP contribution in [0.2, 0.25) is 0 Å². The Morgan fingerprint density at radius 2 is 1.83 bits per heavy atom. The van der Waals surface area contributed by atoms with E-state index in [-0.39, 0.29) is 25.0 Å². The molecule has 0 spiro atoms. The third kappa shape index (κ3) is 11.0. The van der Waals surface area contributed by atoms with Gasteiger partial charge in [-0.1, -0.05) is 50.5 Å². The van der Waals surface area contributed by atoms with Crippen LogP contribution in [-0.2, 0) is 9.53 Å². The number of carboxylic acid groups (broad SMARTS) is 1. The molecule has 29 heavy (non-hydrogen) atoms. The average molecular weight is 411 g/mol. The first kappa shape index (κ1) is 25.9. The topological polar surface area (TPSA) is 87.0 Å². The third-order valence-corrected chi connectivity index (χ3v) is 5.73. The van der Waals surface area contributed by atoms with Crippen molar-refractivity contribution in [3.63, 3.8) is 0 Å². The second-order valence-corrected chi connectivity index (χ2v) is 8.25. The van der Waals surface area contributed by atoms with Gasteiger partial charge in [0.2, 0.25) is 0 Å². The number of carbonyl (C=O) groups is 1. The molecule has 0 radical (unpaired) electrons. The minimum Gasteiger partial charge on any atom is -0.481 e. The number of aliphatic carboxylic acids is 1. The number of ether oxygens (including phenoxy) is 1. The minimum atomic E-state index is -0.784. The predicted octanol–water partition coefficient (Wildman–Crippen LogP) is 5.01. The fourth-order valence-electron chi connectivity index (χ4n) is 3.94. The molecule has 3 atom stereocenters. The second kappa shape index (κ2) is 15.6. The molecule has 1 saturated carbocycles. The van der Waals surface area contributed by atoms with Gasteiger partial charge >= 0.3 is 5.97 Å². The van der Waals surface area contributed by atoms with Crippen molar-refractivity contribution in [2.45, 2.75) is 102 Å². The van der Waals surface area contributed by atoms with Gasteiger partial charge in [-0.05, 0) is 57.8 Å². The molecule has 0 aliphatic heterocycles. The van der Waals surface area contributed by atoms with E-state index in [0.29, 0.717) is 12.8 Å². The van der Waals surface area contributed by atoms with Crippen LogP contribution in [-0.4, -0.2) is 46.2 Å². The van der Waals surface area contributed by atoms with Gasteiger partial charge in [0.25, 0.3) is 0 Å². The molecule has 1 rings (SSSR count). The molecule has 0 saturated heterocycles. The standard InChI is InChI=1S/C24H42O5/c1-2-3-20-29-22-16-18-24(28,17-12-8-7-11-15-23(26)27)21(22)14-10-6-4-5-9-13-19-25/h8,10,12,14,21-22,25,28H,2-7,9,11,13,15-20H2,1H3,(H,26,27)/t21-,22+,24?/m1/s1. The van der Waals surface area contributed by atoms with E-state index in [1.807, 2.05) is 12.2 Å². The van der Waals surface area contributed by atoms with Gasteiger partial charge in [-0.3, -0.25) is 4.79 Å². The molecule has 0 amide bonds. The van der Waals surface area contributed by atoms with E-state index < -0.39 is 11.6 Å². The Labute approximate surface area is 176 Å². The normalized spacial score (nSPS) is 24.8. The second-order valence-electron chi connectivity index (χ2n) is 8.25. The summed E-state index contributed by atoms with van der Waals surface area (Å²) in [4.78, 5) is 10.6. The minimum absolute atomic E-state index is 0.000433. The van der Waals surface area contributed by atoms with Crippen LogP contribution in [0.1, 0.15) is 90.4 Å². The Hall–Kier alpha value is -1.17. The highest BCUT2D eigenvalue weighted by atomic mass is 16.5. The summed E-state index contributed by atoms with van der Waals surface area (Å²) in [5, 5.41) is 28.8. The SMILES string of the molecule is CCCCO[C@H]1CCC(O)(CC=CCCCC(=O)O)[C@@H]1C=CCCCCCCO. The largest absolute Gasteiger partial charge is 0.481 e. The van der Waals surface area contributed by atoms with Crippen LogP contribution < -0.4 is 0 Å². The summed E-state index contributed by atoms with van der Waals surface area (Å²) in [7, 11) is 0. The highest BCUT2D eigenvalue weighted by Gasteiger charge is 2.45. The number of allylic oxidation sites excluding steroid dienone is 2. The van der Waals surface area contributed by atoms with Crippen LogP contribution in [0.5, 0.6) is 0 Å². The Balaban J connectivity index is 2.56. The maximum absolute atomic E-state index is 11.3. The molecule has 0 aromatic carbocycles. The van der Waals surface area contributed by atoms with Crippen LogP contribution >= 0.6 is 0 Å². The maximum Gasteiger partial charge on any atom is 0.303 e. The van der Waals surface area contributed by atoms with Gasteiger partial charge in [0.1, 0.15) is 0 Å². The Morgan fingerprint density at radius 1 is 1.07 bits per heavy atom. The first-order valence-corrected chi connectivity index (χ1v) is 11.5. The fourth-order valence-corrected chi connectivity index (χ4v) is 3.94. The van der Waals surface area contributed by atoms with E-state index >= 15 is 0 Å². The Bertz CT molecular complexity index is 488. The molecule has 0 heterocycles. The number of hydrogen-bond acceptors (Lipinski definition) is 4. The number of rotatable bonds is 17. The first-order valence-electron chi connectivity index (χ1n) is 11.5. The van der Waals surface area contributed by atoms with Crippen molar-refractivity contribution in [3.05, 3.63) is 24.3 Å². The fraction of sp³-hybridized carbons (Fsp3) is 0.792. The average Bonchev–Trinajstić information content (AvgIpc) is 3.00. The summed E-state index contributed by atoms with van der Waals surface area (Å²) < 4.78 is 6.10. The quantitative estimate of drug-likeness (QED) is 0.232. The van der Waals surface area contributed by atoms with Gasteiger partial charge in [-0.15, -0.1) is 0 Å². The molecular weight excluding hydrogens is 368 g/mol. The lowest BCUT2D eigenvalue weighted by molar-refractivity contribution is -0.137. The van der Waals surface area contributed by atoms with Crippen molar-refractivity contribution in [3.8, 4) is 0 Å². The summed E-state index contributed by atoms with van der Waals surface area (Å²) in [6.45, 7) is 3.16. The van der Waals surface area contributed by atoms with E-state index in [9.17, 15) is 9.90 Å². The molecule has 0 aromatic heterocycles. The van der Waals surface area contributed by atoms with E-state index in [4.69, 9.17) is 14.9 Å². The summed E-state index contributed by atoms with van der Waals surface area (Å²) in [5.74, 6) is -0.762. The van der Waals surface area contributed by atoms with E-state index in [1.54, 1.807) is 0 Å². The third-order valence-electron chi connectivity index (χ3n) is 5.73. The molecule has 1 fully saturated rings. The zero-order valence-electron chi connectivity index (χ0n) is 18.2. The number of unbranched alkanes of at least 4 members (excludes halogenated alkanes) is 6. The Kier molecular flexibility index (Phi) is 14.0. The number of aliphatic hydroxyl groups excluding tert-OH is 1. The zero-order chi connectivity index (χ0) is 21.4. The van der Waals surface area contributed by atoms with Gasteiger partial charge < -0.3 is 20.1 Å². The summed E-state index contributed by atoms with van der Waals surface area (Å²) in [6, 6.07) is 0. The van der Waals surface area contributed by atoms with Gasteiger partial charge in [0, 0.05) is 25.6 Å². The lowest BCUT2D eigenvalue weighted by Gasteiger charge is -2.30. The van der Waals surface area contributed by atoms with Crippen molar-refractivity contribution in [1.82, 2.24) is 0 Å². The molecule has 0 bridgehead atoms. The summed E-state index contributed by atoms with van der Waals surface area (Å²) in [6.07, 6.45) is 19.4. The smallest absolute Gasteiger partial charge is 0.303 e. The van der Waals surface area contributed by atoms with Crippen molar-refractivity contribution in [2.24, 2.45) is 5.92 Å². The van der Waals surface area contributed by atoms with Crippen LogP contribution in [0.25, 0.3) is 0 Å². The molecule has 1 unspecified atom stereocenters. The van der Waals surface area contributed by atoms with Crippen LogP contribution in [0, 0.1) is 5.92 Å². The van der Waals surface area contributed by atoms with Crippen molar-refractivity contribution in [1.29, 1.82) is 0 Å². The molecule has 1 aliphatic rings. The van der Waals surface area contributed by atoms with Crippen LogP contribution in [0.3, 0.4) is 0 Å². The van der Waals surface area contributed by atoms with E-state index in [2.05, 4.69) is 19.1 Å². The van der Waals surface area contributed by atoms with Crippen molar-refractivity contribution in [2.75, 3.05) is 13.2 Å². The highest BCUT2D eigenvalue weighted by molar-refractivity contribution is 5.66. The van der Waals surface area contributed by atoms with Crippen molar-refractivity contribution >= 4 is 5.97 Å². The molecule has 3 N–H and O–H groups in total. The molecule has 5 heteroatoms. The molecule has 1 aliphatic carbocycles. The number of carboxylic acids is 1. The van der Waals surface area contributed by atoms with Crippen molar-refractivity contribution < 1.29 is 24.9 Å². The maximum atomic E-state index is 11.3. The molecule has 5 nitrogen and oxygen atoms in total. The van der Waals surface area contributed by atoms with Gasteiger partial charge in [0.15, 0.2) is 0 Å². The van der Waals surface area contributed by atoms with Crippen LogP contribution in [0.4, 0.5) is 0 Å². The lowest BCUT2D eigenvalue weighted by Crippen LogP contribution is -2.36. The molecule has 0 aromatic rings. The van der Waals surface area contributed by atoms with Gasteiger partial charge in [0.05, 0.1) is 11.7 Å². The van der Waals surface area contributed by atoms with Gasteiger partial charge in [-0.25, -0.2) is 0 Å². The summed E-state index contributed by atoms with van der Waals surface area (Å²) >= 11 is 0. The predicted molar refractivity (Wildman–Crippen MR) is 117 cm³/mol. The molecular formula is C24H42O5. The Morgan fingerprint density at radius 3 is 2.55 bits per heavy atom. The number of aliphatic hydroxyl groups is 2. The number of hydrogen-bond donors (Lipinski definition) is 3. The van der Waals surface area contributed by atoms with E-state index in [0.717, 1.165) is 70.8 Å². The van der Waals surface area contributed by atoms with Gasteiger partial charge in [-0.2, -0.15) is 0 Å². The monoisotopic (exact) mass is 410 g/mol. The van der Waals surface area contributed by atoms with E-state index in [1.165, 1.54) is 0 Å². The van der Waals surface area contributed by atoms with Crippen LogP contribution in [0.15, 0.2) is 24.3 Å². The zero-order valence-corrected chi connectivity index (χ0v) is 18.2. The first-order chi connectivity index (χ1) is 14.0. The molecule has 168 valence electrons. The summed E-state index contributed by atoms with van der Waals surface area (Å²) in [5.41, 5.74) is -0.784. The highest BCUT2D eigenvalue weighted by Crippen LogP contribution is 2.41. The lowest BCUT2D eigenvalue weighted by atomic mass is 9.86.